The molecule has 0 saturated carbocycles. The highest BCUT2D eigenvalue weighted by molar-refractivity contribution is 5.89. The number of carbonyl (C=O) groups excluding carboxylic acids is 8. The third kappa shape index (κ3) is 61.9. The molecule has 7 aliphatic heterocycles. The molecule has 7 fully saturated rings. The second kappa shape index (κ2) is 74.9. The Balaban J connectivity index is 0.000000777. The molecule has 7 heterocycles. The number of hydrogen-bond acceptors (Lipinski definition) is 25. The van der Waals surface area contributed by atoms with Crippen LogP contribution in [0.15, 0.2) is 0 Å². The van der Waals surface area contributed by atoms with E-state index in [1.165, 1.54) is 19.4 Å². The number of ether oxygens (including phenoxy) is 15. The highest BCUT2D eigenvalue weighted by Gasteiger charge is 2.38. The number of hydrogen-bond donors (Lipinski definition) is 3. The van der Waals surface area contributed by atoms with Gasteiger partial charge in [-0.1, -0.05) is 0 Å². The largest absolute Gasteiger partial charge is 0.422 e. The summed E-state index contributed by atoms with van der Waals surface area (Å²) in [5.74, 6) is 0.192. The van der Waals surface area contributed by atoms with Crippen molar-refractivity contribution in [2.45, 2.75) is 450 Å². The minimum absolute atomic E-state index is 0.00446. The van der Waals surface area contributed by atoms with E-state index in [2.05, 4.69) is 53.4 Å². The molecule has 0 bridgehead atoms. The van der Waals surface area contributed by atoms with Gasteiger partial charge in [0.1, 0.15) is 32.3 Å². The molecule has 33 heteroatoms. The van der Waals surface area contributed by atoms with Gasteiger partial charge < -0.3 is 112 Å². The van der Waals surface area contributed by atoms with Gasteiger partial charge in [0.15, 0.2) is 6.79 Å². The molecular formula is C100H194N10O23. The SMILES string of the molecule is CC(C)OCCC(=O)N1CCCC1C(=O)NCOC(C)C.CC(C)OCCC(=O)N1CCCC1C(=O)NCOC(C)C.CC(C)OCCC(=O)N1CCCC1COC(C)C.CC(C)OCCC(=O)N1CCCC1COC(C)C.CC(C)OCCCN1CCCC1C(=O)NCOC(C)C.CC(C)OCCCN1CCCC1COC(C)C.CC(C)OCOC(=O)N1CCCC1COC(C)C. The second-order valence-corrected chi connectivity index (χ2v) is 39.0. The van der Waals surface area contributed by atoms with Crippen molar-refractivity contribution in [1.82, 2.24) is 50.2 Å². The van der Waals surface area contributed by atoms with Crippen molar-refractivity contribution in [3.05, 3.63) is 0 Å². The maximum Gasteiger partial charge on any atom is 0.412 e. The molecule has 7 rings (SSSR count). The highest BCUT2D eigenvalue weighted by atomic mass is 16.7. The van der Waals surface area contributed by atoms with Crippen LogP contribution in [0.5, 0.6) is 0 Å². The van der Waals surface area contributed by atoms with Crippen LogP contribution in [0.2, 0.25) is 0 Å². The van der Waals surface area contributed by atoms with Crippen molar-refractivity contribution in [3.63, 3.8) is 0 Å². The van der Waals surface area contributed by atoms with Crippen molar-refractivity contribution in [2.75, 3.05) is 152 Å². The minimum Gasteiger partial charge on any atom is -0.422 e. The van der Waals surface area contributed by atoms with Gasteiger partial charge in [-0.15, -0.1) is 0 Å². The standard InChI is InChI=1S/2C15H28N2O4.C15H30N2O3.2C14H27NO3.C14H29NO2.C13H25NO4/c2*1-11(2)20-9-7-14(18)17-8-5-6-13(17)15(19)16-10-21-12(3)4;1-12(2)19-10-6-9-17-8-5-7-14(17)15(18)16-11-20-13(3)4;2*1-11(2)17-9-7-14(16)15-8-5-6-13(15)10-18-12(3)4;1-12(2)16-10-6-9-15-8-5-7-14(15)11-17-13(3)4;1-10(2)16-8-12-6-5-7-14(12)13(15)18-9-17-11(3)4/h2*11-13H,5-10H2,1-4H3,(H,16,19);12-14H,5-11H2,1-4H3,(H,16,18);2*11-13H,5-10H2,1-4H3;12-14H,5-11H2,1-4H3;10-12H,5-9H2,1-4H3. The Morgan fingerprint density at radius 2 is 0.489 bits per heavy atom. The van der Waals surface area contributed by atoms with E-state index in [1.807, 2.05) is 176 Å². The molecule has 7 atom stereocenters. The molecule has 8 amide bonds. The van der Waals surface area contributed by atoms with Crippen molar-refractivity contribution in [1.29, 1.82) is 0 Å². The molecular weight excluding hydrogens is 1710 g/mol. The first-order chi connectivity index (χ1) is 62.9. The monoisotopic (exact) mass is 1900 g/mol. The highest BCUT2D eigenvalue weighted by Crippen LogP contribution is 2.26. The maximum absolute atomic E-state index is 12.2. The summed E-state index contributed by atoms with van der Waals surface area (Å²) in [6, 6.07) is 0.567. The predicted molar refractivity (Wildman–Crippen MR) is 522 cm³/mol. The lowest BCUT2D eigenvalue weighted by atomic mass is 10.2. The second-order valence-electron chi connectivity index (χ2n) is 39.0. The van der Waals surface area contributed by atoms with E-state index >= 15 is 0 Å². The number of nitrogens with one attached hydrogen (secondary N) is 3. The summed E-state index contributed by atoms with van der Waals surface area (Å²) < 4.78 is 81.6. The summed E-state index contributed by atoms with van der Waals surface area (Å²) in [6.07, 6.45) is 20.1. The van der Waals surface area contributed by atoms with Gasteiger partial charge in [0.2, 0.25) is 41.4 Å². The van der Waals surface area contributed by atoms with E-state index in [-0.39, 0.29) is 177 Å². The first kappa shape index (κ1) is 126. The summed E-state index contributed by atoms with van der Waals surface area (Å²) in [4.78, 5) is 110. The lowest BCUT2D eigenvalue weighted by molar-refractivity contribution is -0.140. The van der Waals surface area contributed by atoms with E-state index in [9.17, 15) is 38.4 Å². The molecule has 0 radical (unpaired) electrons. The van der Waals surface area contributed by atoms with Crippen LogP contribution in [0.3, 0.4) is 0 Å². The fourth-order valence-corrected chi connectivity index (χ4v) is 15.4. The van der Waals surface area contributed by atoms with Gasteiger partial charge in [0.05, 0.1) is 188 Å². The summed E-state index contributed by atoms with van der Waals surface area (Å²) >= 11 is 0. The van der Waals surface area contributed by atoms with Crippen LogP contribution in [0.25, 0.3) is 0 Å². The van der Waals surface area contributed by atoms with E-state index in [1.54, 1.807) is 14.7 Å². The zero-order valence-corrected chi connectivity index (χ0v) is 88.6. The van der Waals surface area contributed by atoms with Gasteiger partial charge in [-0.25, -0.2) is 4.79 Å². The molecule has 133 heavy (non-hydrogen) atoms. The Hall–Kier alpha value is -5.08. The quantitative estimate of drug-likeness (QED) is 0.0376. The number of carbonyl (C=O) groups is 8. The van der Waals surface area contributed by atoms with Gasteiger partial charge in [-0.05, 0) is 310 Å². The number of nitrogens with zero attached hydrogens (tertiary/aromatic N) is 7. The Morgan fingerprint density at radius 3 is 0.827 bits per heavy atom. The van der Waals surface area contributed by atoms with Crippen LogP contribution < -0.4 is 16.0 Å². The van der Waals surface area contributed by atoms with Gasteiger partial charge in [0, 0.05) is 65.1 Å². The Morgan fingerprint density at radius 1 is 0.248 bits per heavy atom. The van der Waals surface area contributed by atoms with Crippen LogP contribution in [-0.4, -0.2) is 361 Å². The molecule has 3 N–H and O–H groups in total. The Labute approximate surface area is 805 Å². The van der Waals surface area contributed by atoms with E-state index in [4.69, 9.17) is 71.1 Å². The topological polar surface area (TPSA) is 334 Å². The fourth-order valence-electron chi connectivity index (χ4n) is 15.4. The third-order valence-corrected chi connectivity index (χ3v) is 22.1. The summed E-state index contributed by atoms with van der Waals surface area (Å²) in [7, 11) is 0. The minimum atomic E-state index is -0.368. The van der Waals surface area contributed by atoms with Gasteiger partial charge >= 0.3 is 6.09 Å². The number of amides is 8. The van der Waals surface area contributed by atoms with E-state index in [0.29, 0.717) is 123 Å². The van der Waals surface area contributed by atoms with Crippen LogP contribution in [0.4, 0.5) is 4.79 Å². The van der Waals surface area contributed by atoms with Crippen molar-refractivity contribution in [3.8, 4) is 0 Å². The number of likely N-dealkylation sites (tertiary alicyclic amines) is 7. The van der Waals surface area contributed by atoms with Crippen molar-refractivity contribution < 1.29 is 109 Å². The van der Waals surface area contributed by atoms with Crippen LogP contribution >= 0.6 is 0 Å². The smallest absolute Gasteiger partial charge is 0.412 e. The summed E-state index contributed by atoms with van der Waals surface area (Å²) in [5.41, 5.74) is 0. The first-order valence-electron chi connectivity index (χ1n) is 51.0. The lowest BCUT2D eigenvalue weighted by Gasteiger charge is -2.25. The Kier molecular flexibility index (Phi) is 70.9. The molecule has 7 unspecified atom stereocenters. The zero-order chi connectivity index (χ0) is 99.9. The Bertz CT molecular complexity index is 2750. The van der Waals surface area contributed by atoms with Crippen LogP contribution in [-0.2, 0) is 105 Å². The summed E-state index contributed by atoms with van der Waals surface area (Å²) in [5, 5.41) is 8.32. The van der Waals surface area contributed by atoms with Crippen molar-refractivity contribution >= 4 is 47.4 Å². The average Bonchev–Trinajstić information content (AvgIpc) is 1.70. The average molecular weight is 1900 g/mol. The first-order valence-corrected chi connectivity index (χ1v) is 51.0. The van der Waals surface area contributed by atoms with Crippen LogP contribution in [0, 0.1) is 0 Å². The fraction of sp³-hybridized carbons (Fsp3) is 0.920. The normalized spacial score (nSPS) is 19.8. The third-order valence-electron chi connectivity index (χ3n) is 22.1. The predicted octanol–water partition coefficient (Wildman–Crippen LogP) is 13.9. The molecule has 0 aromatic heterocycles. The van der Waals surface area contributed by atoms with Crippen LogP contribution in [0.1, 0.15) is 322 Å². The lowest BCUT2D eigenvalue weighted by Crippen LogP contribution is -2.46. The molecule has 0 spiro atoms. The molecule has 782 valence electrons. The van der Waals surface area contributed by atoms with E-state index < -0.39 is 0 Å². The maximum atomic E-state index is 12.2. The molecule has 0 aromatic rings. The zero-order valence-electron chi connectivity index (χ0n) is 88.6. The molecule has 7 saturated heterocycles. The molecule has 0 aromatic carbocycles. The van der Waals surface area contributed by atoms with E-state index in [0.717, 1.165) is 136 Å². The molecule has 0 aliphatic carbocycles. The summed E-state index contributed by atoms with van der Waals surface area (Å²) in [6.45, 7) is 70.7. The van der Waals surface area contributed by atoms with Gasteiger partial charge in [-0.2, -0.15) is 0 Å². The van der Waals surface area contributed by atoms with Crippen molar-refractivity contribution in [2.24, 2.45) is 0 Å². The number of rotatable bonds is 53. The molecule has 33 nitrogen and oxygen atoms in total. The molecule has 7 aliphatic rings. The van der Waals surface area contributed by atoms with Gasteiger partial charge in [-0.3, -0.25) is 43.4 Å². The van der Waals surface area contributed by atoms with Gasteiger partial charge in [0.25, 0.3) is 0 Å².